The van der Waals surface area contributed by atoms with Gasteiger partial charge in [0.2, 0.25) is 0 Å². The van der Waals surface area contributed by atoms with Crippen LogP contribution in [0.15, 0.2) is 36.5 Å². The number of benzene rings is 1. The summed E-state index contributed by atoms with van der Waals surface area (Å²) in [6.07, 6.45) is 2.34. The third-order valence-corrected chi connectivity index (χ3v) is 2.32. The zero-order valence-electron chi connectivity index (χ0n) is 8.97. The van der Waals surface area contributed by atoms with Crippen molar-refractivity contribution in [3.63, 3.8) is 0 Å². The lowest BCUT2D eigenvalue weighted by molar-refractivity contribution is 0.112. The Morgan fingerprint density at radius 1 is 1.25 bits per heavy atom. The number of nitrogen functional groups attached to an aromatic ring is 1. The number of anilines is 1. The summed E-state index contributed by atoms with van der Waals surface area (Å²) in [7, 11) is 0. The molecule has 0 unspecified atom stereocenters. The molecule has 1 aromatic carbocycles. The van der Waals surface area contributed by atoms with E-state index in [9.17, 15) is 4.79 Å². The molecule has 0 fully saturated rings. The Bertz CT molecular complexity index is 498. The summed E-state index contributed by atoms with van der Waals surface area (Å²) in [6.45, 7) is 1.99. The number of pyridine rings is 1. The first-order valence-electron chi connectivity index (χ1n) is 4.98. The first kappa shape index (κ1) is 10.4. The third kappa shape index (κ3) is 2.08. The monoisotopic (exact) mass is 212 g/mol. The lowest BCUT2D eigenvalue weighted by Gasteiger charge is -2.04. The number of carbonyl (C=O) groups is 1. The van der Waals surface area contributed by atoms with Crippen LogP contribution in [0.5, 0.6) is 0 Å². The molecule has 16 heavy (non-hydrogen) atoms. The van der Waals surface area contributed by atoms with Gasteiger partial charge in [0, 0.05) is 23.0 Å². The fourth-order valence-corrected chi connectivity index (χ4v) is 1.61. The van der Waals surface area contributed by atoms with Crippen LogP contribution in [0.25, 0.3) is 11.3 Å². The molecule has 1 heterocycles. The molecule has 0 bridgehead atoms. The van der Waals surface area contributed by atoms with Gasteiger partial charge in [-0.15, -0.1) is 0 Å². The van der Waals surface area contributed by atoms with Crippen LogP contribution < -0.4 is 5.73 Å². The fraction of sp³-hybridized carbons (Fsp3) is 0.0769. The number of nitrogens with two attached hydrogens (primary N) is 1. The zero-order valence-corrected chi connectivity index (χ0v) is 8.97. The number of aldehydes is 1. The zero-order chi connectivity index (χ0) is 11.5. The van der Waals surface area contributed by atoms with Gasteiger partial charge in [0.25, 0.3) is 0 Å². The van der Waals surface area contributed by atoms with Gasteiger partial charge in [-0.1, -0.05) is 0 Å². The van der Waals surface area contributed by atoms with E-state index in [0.29, 0.717) is 5.56 Å². The van der Waals surface area contributed by atoms with E-state index in [2.05, 4.69) is 4.98 Å². The Hall–Kier alpha value is -2.16. The van der Waals surface area contributed by atoms with Crippen molar-refractivity contribution in [3.05, 3.63) is 47.7 Å². The van der Waals surface area contributed by atoms with Crippen LogP contribution in [0.2, 0.25) is 0 Å². The molecule has 0 saturated heterocycles. The maximum atomic E-state index is 10.5. The summed E-state index contributed by atoms with van der Waals surface area (Å²) in [6, 6.07) is 9.35. The van der Waals surface area contributed by atoms with Crippen molar-refractivity contribution in [2.75, 3.05) is 5.73 Å². The molecule has 0 saturated carbocycles. The standard InChI is InChI=1S/C13H12N2O/c1-9-4-11(6-12(14)5-9)13-3-2-10(8-16)7-15-13/h2-8H,14H2,1H3. The second-order valence-corrected chi connectivity index (χ2v) is 3.73. The Labute approximate surface area is 93.9 Å². The predicted molar refractivity (Wildman–Crippen MR) is 64.2 cm³/mol. The van der Waals surface area contributed by atoms with Crippen molar-refractivity contribution in [2.45, 2.75) is 6.92 Å². The SMILES string of the molecule is Cc1cc(N)cc(-c2ccc(C=O)cn2)c1. The van der Waals surface area contributed by atoms with Gasteiger partial charge in [0.05, 0.1) is 5.69 Å². The third-order valence-electron chi connectivity index (χ3n) is 2.32. The molecule has 0 radical (unpaired) electrons. The lowest BCUT2D eigenvalue weighted by Crippen LogP contribution is -1.90. The molecular weight excluding hydrogens is 200 g/mol. The van der Waals surface area contributed by atoms with E-state index in [-0.39, 0.29) is 0 Å². The number of hydrogen-bond acceptors (Lipinski definition) is 3. The molecule has 0 atom stereocenters. The van der Waals surface area contributed by atoms with Crippen molar-refractivity contribution in [1.29, 1.82) is 0 Å². The average molecular weight is 212 g/mol. The maximum absolute atomic E-state index is 10.5. The second-order valence-electron chi connectivity index (χ2n) is 3.73. The molecule has 2 aromatic rings. The van der Waals surface area contributed by atoms with Gasteiger partial charge in [0.15, 0.2) is 6.29 Å². The highest BCUT2D eigenvalue weighted by Crippen LogP contribution is 2.21. The number of carbonyl (C=O) groups excluding carboxylic acids is 1. The minimum Gasteiger partial charge on any atom is -0.399 e. The molecule has 0 aliphatic rings. The summed E-state index contributed by atoms with van der Waals surface area (Å²) >= 11 is 0. The molecule has 0 aliphatic heterocycles. The second kappa shape index (κ2) is 4.14. The first-order chi connectivity index (χ1) is 7.69. The van der Waals surface area contributed by atoms with Crippen molar-refractivity contribution >= 4 is 12.0 Å². The molecule has 0 spiro atoms. The van der Waals surface area contributed by atoms with Crippen molar-refractivity contribution in [1.82, 2.24) is 4.98 Å². The van der Waals surface area contributed by atoms with E-state index < -0.39 is 0 Å². The quantitative estimate of drug-likeness (QED) is 0.614. The largest absolute Gasteiger partial charge is 0.399 e. The van der Waals surface area contributed by atoms with Gasteiger partial charge in [0.1, 0.15) is 0 Å². The summed E-state index contributed by atoms with van der Waals surface area (Å²) < 4.78 is 0. The Kier molecular flexibility index (Phi) is 2.68. The summed E-state index contributed by atoms with van der Waals surface area (Å²) in [5, 5.41) is 0. The van der Waals surface area contributed by atoms with Crippen LogP contribution in [0.1, 0.15) is 15.9 Å². The normalized spacial score (nSPS) is 10.1. The minimum absolute atomic E-state index is 0.573. The van der Waals surface area contributed by atoms with Crippen LogP contribution in [-0.4, -0.2) is 11.3 Å². The highest BCUT2D eigenvalue weighted by Gasteiger charge is 2.01. The van der Waals surface area contributed by atoms with Crippen LogP contribution in [0.4, 0.5) is 5.69 Å². The predicted octanol–water partition coefficient (Wildman–Crippen LogP) is 2.45. The molecule has 0 amide bonds. The highest BCUT2D eigenvalue weighted by atomic mass is 16.1. The van der Waals surface area contributed by atoms with Crippen LogP contribution in [-0.2, 0) is 0 Å². The number of aromatic nitrogens is 1. The summed E-state index contributed by atoms with van der Waals surface area (Å²) in [5.41, 5.74) is 9.94. The van der Waals surface area contributed by atoms with E-state index in [1.54, 1.807) is 12.3 Å². The van der Waals surface area contributed by atoms with Gasteiger partial charge in [-0.05, 0) is 42.8 Å². The van der Waals surface area contributed by atoms with E-state index in [1.807, 2.05) is 31.2 Å². The average Bonchev–Trinajstić information content (AvgIpc) is 2.28. The molecule has 3 heteroatoms. The van der Waals surface area contributed by atoms with Crippen LogP contribution in [0, 0.1) is 6.92 Å². The van der Waals surface area contributed by atoms with Crippen molar-refractivity contribution in [2.24, 2.45) is 0 Å². The number of hydrogen-bond donors (Lipinski definition) is 1. The van der Waals surface area contributed by atoms with E-state index in [0.717, 1.165) is 28.8 Å². The van der Waals surface area contributed by atoms with Gasteiger partial charge in [-0.3, -0.25) is 9.78 Å². The molecule has 1 aromatic heterocycles. The maximum Gasteiger partial charge on any atom is 0.151 e. The van der Waals surface area contributed by atoms with Crippen molar-refractivity contribution < 1.29 is 4.79 Å². The smallest absolute Gasteiger partial charge is 0.151 e. The van der Waals surface area contributed by atoms with E-state index >= 15 is 0 Å². The first-order valence-corrected chi connectivity index (χ1v) is 4.98. The van der Waals surface area contributed by atoms with Crippen LogP contribution in [0.3, 0.4) is 0 Å². The van der Waals surface area contributed by atoms with Crippen LogP contribution >= 0.6 is 0 Å². The van der Waals surface area contributed by atoms with E-state index in [4.69, 9.17) is 5.73 Å². The number of rotatable bonds is 2. The van der Waals surface area contributed by atoms with Gasteiger partial charge in [-0.2, -0.15) is 0 Å². The molecule has 80 valence electrons. The molecule has 0 aliphatic carbocycles. The van der Waals surface area contributed by atoms with Gasteiger partial charge >= 0.3 is 0 Å². The van der Waals surface area contributed by atoms with Gasteiger partial charge in [-0.25, -0.2) is 0 Å². The Morgan fingerprint density at radius 3 is 2.62 bits per heavy atom. The minimum atomic E-state index is 0.573. The number of nitrogens with zero attached hydrogens (tertiary/aromatic N) is 1. The summed E-state index contributed by atoms with van der Waals surface area (Å²) in [4.78, 5) is 14.7. The Morgan fingerprint density at radius 2 is 2.06 bits per heavy atom. The Balaban J connectivity index is 2.45. The molecule has 2 N–H and O–H groups in total. The molecule has 3 nitrogen and oxygen atoms in total. The molecular formula is C13H12N2O. The summed E-state index contributed by atoms with van der Waals surface area (Å²) in [5.74, 6) is 0. The lowest BCUT2D eigenvalue weighted by atomic mass is 10.1. The highest BCUT2D eigenvalue weighted by molar-refractivity contribution is 5.75. The number of aryl methyl sites for hydroxylation is 1. The fourth-order valence-electron chi connectivity index (χ4n) is 1.61. The van der Waals surface area contributed by atoms with Gasteiger partial charge < -0.3 is 5.73 Å². The van der Waals surface area contributed by atoms with E-state index in [1.165, 1.54) is 0 Å². The van der Waals surface area contributed by atoms with Crippen molar-refractivity contribution in [3.8, 4) is 11.3 Å². The topological polar surface area (TPSA) is 56.0 Å². The molecule has 2 rings (SSSR count).